The predicted molar refractivity (Wildman–Crippen MR) is 160 cm³/mol. The number of benzene rings is 1. The average Bonchev–Trinajstić information content (AvgIpc) is 3.48. The van der Waals surface area contributed by atoms with Gasteiger partial charge in [-0.3, -0.25) is 0 Å². The summed E-state index contributed by atoms with van der Waals surface area (Å²) in [6.07, 6.45) is 13.5. The van der Waals surface area contributed by atoms with Crippen molar-refractivity contribution in [1.82, 2.24) is 0 Å². The Morgan fingerprint density at radius 3 is 1.43 bits per heavy atom. The molecule has 0 spiro atoms. The summed E-state index contributed by atoms with van der Waals surface area (Å²) >= 11 is 18.9. The maximum atomic E-state index is 2.41. The van der Waals surface area contributed by atoms with Crippen molar-refractivity contribution in [2.24, 2.45) is 0 Å². The lowest BCUT2D eigenvalue weighted by atomic mass is 10.3. The van der Waals surface area contributed by atoms with Gasteiger partial charge < -0.3 is 0 Å². The topological polar surface area (TPSA) is 0 Å². The van der Waals surface area contributed by atoms with Gasteiger partial charge in [0.15, 0.2) is 0 Å². The Kier molecular flexibility index (Phi) is 9.58. The first-order chi connectivity index (χ1) is 14.6. The standard InChI is InChI=1S/C20H18S10/c1-21-17-18(22-2)28-15(27-17)10-11(16-29-19(23-3)20(24-4)30-16)9-14-25-12-7-5-6-8-13(12)26-14/h5-10H,1-4H3. The molecule has 10 heteroatoms. The zero-order valence-electron chi connectivity index (χ0n) is 16.5. The minimum atomic E-state index is 1.33. The van der Waals surface area contributed by atoms with Gasteiger partial charge >= 0.3 is 0 Å². The molecule has 0 fully saturated rings. The quantitative estimate of drug-likeness (QED) is 0.318. The fourth-order valence-corrected chi connectivity index (χ4v) is 14.8. The molecule has 3 aliphatic rings. The van der Waals surface area contributed by atoms with Crippen molar-refractivity contribution in [2.75, 3.05) is 25.0 Å². The number of fused-ring (bicyclic) bond motifs is 1. The first-order valence-electron chi connectivity index (χ1n) is 8.63. The third-order valence-electron chi connectivity index (χ3n) is 3.88. The normalized spacial score (nSPS) is 18.6. The first-order valence-corrected chi connectivity index (χ1v) is 18.4. The lowest BCUT2D eigenvalue weighted by molar-refractivity contribution is 1.27. The third-order valence-corrected chi connectivity index (χ3v) is 16.7. The molecule has 0 N–H and O–H groups in total. The van der Waals surface area contributed by atoms with Crippen LogP contribution in [-0.2, 0) is 0 Å². The van der Waals surface area contributed by atoms with E-state index >= 15 is 0 Å². The van der Waals surface area contributed by atoms with Crippen molar-refractivity contribution in [2.45, 2.75) is 9.79 Å². The Bertz CT molecular complexity index is 936. The molecule has 0 nitrogen and oxygen atoms in total. The molecule has 1 aromatic rings. The summed E-state index contributed by atoms with van der Waals surface area (Å²) in [4.78, 5) is 2.73. The van der Waals surface area contributed by atoms with E-state index in [-0.39, 0.29) is 0 Å². The van der Waals surface area contributed by atoms with Crippen LogP contribution in [0.5, 0.6) is 0 Å². The number of hydrogen-bond donors (Lipinski definition) is 0. The second-order valence-corrected chi connectivity index (χ2v) is 17.1. The van der Waals surface area contributed by atoms with E-state index in [1.165, 1.54) is 45.0 Å². The number of allylic oxidation sites excluding steroid dienone is 3. The Morgan fingerprint density at radius 2 is 1.00 bits per heavy atom. The lowest BCUT2D eigenvalue weighted by Gasteiger charge is -2.05. The molecule has 0 atom stereocenters. The van der Waals surface area contributed by atoms with Gasteiger partial charge in [-0.15, -0.1) is 47.0 Å². The van der Waals surface area contributed by atoms with Crippen molar-refractivity contribution in [3.05, 3.63) is 71.7 Å². The number of thioether (sulfide) groups is 10. The highest BCUT2D eigenvalue weighted by molar-refractivity contribution is 8.41. The van der Waals surface area contributed by atoms with Crippen LogP contribution < -0.4 is 0 Å². The molecule has 3 aliphatic heterocycles. The van der Waals surface area contributed by atoms with Crippen LogP contribution in [0.1, 0.15) is 0 Å². The molecule has 3 heterocycles. The Labute approximate surface area is 221 Å². The highest BCUT2D eigenvalue weighted by atomic mass is 32.3. The predicted octanol–water partition coefficient (Wildman–Crippen LogP) is 10.4. The van der Waals surface area contributed by atoms with Crippen LogP contribution in [0.15, 0.2) is 81.4 Å². The van der Waals surface area contributed by atoms with Gasteiger partial charge in [-0.2, -0.15) is 0 Å². The van der Waals surface area contributed by atoms with E-state index < -0.39 is 0 Å². The summed E-state index contributed by atoms with van der Waals surface area (Å²) in [6, 6.07) is 8.70. The number of hydrogen-bond acceptors (Lipinski definition) is 10. The van der Waals surface area contributed by atoms with Gasteiger partial charge in [0.2, 0.25) is 0 Å². The minimum Gasteiger partial charge on any atom is -0.121 e. The Balaban J connectivity index is 1.67. The highest BCUT2D eigenvalue weighted by Gasteiger charge is 2.26. The molecular weight excluding hydrogens is 561 g/mol. The van der Waals surface area contributed by atoms with Crippen molar-refractivity contribution >= 4 is 118 Å². The van der Waals surface area contributed by atoms with E-state index in [0.717, 1.165) is 0 Å². The van der Waals surface area contributed by atoms with Crippen LogP contribution in [-0.4, -0.2) is 25.0 Å². The molecule has 1 aromatic carbocycles. The lowest BCUT2D eigenvalue weighted by Crippen LogP contribution is -1.79. The largest absolute Gasteiger partial charge is 0.121 e. The van der Waals surface area contributed by atoms with Gasteiger partial charge in [0, 0.05) is 9.79 Å². The maximum absolute atomic E-state index is 2.41. The molecule has 0 amide bonds. The first kappa shape index (κ1) is 24.5. The van der Waals surface area contributed by atoms with Gasteiger partial charge in [-0.25, -0.2) is 0 Å². The fourth-order valence-electron chi connectivity index (χ4n) is 2.56. The molecule has 0 radical (unpaired) electrons. The summed E-state index contributed by atoms with van der Waals surface area (Å²) in [5, 5.41) is 0. The second kappa shape index (κ2) is 11.7. The summed E-state index contributed by atoms with van der Waals surface area (Å²) in [5.74, 6) is 0. The molecule has 0 aliphatic carbocycles. The summed E-state index contributed by atoms with van der Waals surface area (Å²) in [5.41, 5.74) is 1.33. The number of rotatable bonds is 6. The van der Waals surface area contributed by atoms with Crippen LogP contribution >= 0.6 is 118 Å². The van der Waals surface area contributed by atoms with Crippen LogP contribution in [0.3, 0.4) is 0 Å². The summed E-state index contributed by atoms with van der Waals surface area (Å²) in [6.45, 7) is 0. The van der Waals surface area contributed by atoms with Gasteiger partial charge in [0.05, 0.1) is 29.7 Å². The molecule has 0 aromatic heterocycles. The van der Waals surface area contributed by atoms with Crippen LogP contribution in [0.2, 0.25) is 0 Å². The van der Waals surface area contributed by atoms with Crippen LogP contribution in [0.25, 0.3) is 0 Å². The minimum absolute atomic E-state index is 1.33. The maximum Gasteiger partial charge on any atom is 0.0657 e. The molecule has 0 saturated carbocycles. The van der Waals surface area contributed by atoms with E-state index in [1.807, 2.05) is 118 Å². The molecule has 158 valence electrons. The van der Waals surface area contributed by atoms with Crippen molar-refractivity contribution < 1.29 is 0 Å². The zero-order valence-corrected chi connectivity index (χ0v) is 24.7. The van der Waals surface area contributed by atoms with E-state index in [4.69, 9.17) is 0 Å². The van der Waals surface area contributed by atoms with Crippen LogP contribution in [0, 0.1) is 0 Å². The highest BCUT2D eigenvalue weighted by Crippen LogP contribution is 2.60. The van der Waals surface area contributed by atoms with Gasteiger partial charge in [-0.1, -0.05) is 82.7 Å². The van der Waals surface area contributed by atoms with Crippen molar-refractivity contribution in [1.29, 1.82) is 0 Å². The molecule has 0 saturated heterocycles. The van der Waals surface area contributed by atoms with E-state index in [1.54, 1.807) is 0 Å². The zero-order chi connectivity index (χ0) is 21.1. The smallest absolute Gasteiger partial charge is 0.0657 e. The van der Waals surface area contributed by atoms with E-state index in [0.29, 0.717) is 0 Å². The average molecular weight is 579 g/mol. The molecule has 0 unspecified atom stereocenters. The monoisotopic (exact) mass is 578 g/mol. The summed E-state index contributed by atoms with van der Waals surface area (Å²) < 4.78 is 9.82. The van der Waals surface area contributed by atoms with Gasteiger partial charge in [-0.05, 0) is 54.9 Å². The Morgan fingerprint density at radius 1 is 0.600 bits per heavy atom. The molecule has 4 rings (SSSR count). The van der Waals surface area contributed by atoms with Gasteiger partial charge in [0.1, 0.15) is 0 Å². The molecular formula is C20H18S10. The van der Waals surface area contributed by atoms with Gasteiger partial charge in [0.25, 0.3) is 0 Å². The Hall–Kier alpha value is 1.42. The molecule has 30 heavy (non-hydrogen) atoms. The van der Waals surface area contributed by atoms with E-state index in [2.05, 4.69) is 61.4 Å². The van der Waals surface area contributed by atoms with E-state index in [9.17, 15) is 0 Å². The molecule has 0 bridgehead atoms. The van der Waals surface area contributed by atoms with Crippen LogP contribution in [0.4, 0.5) is 0 Å². The third kappa shape index (κ3) is 5.73. The second-order valence-electron chi connectivity index (χ2n) is 5.69. The van der Waals surface area contributed by atoms with Crippen molar-refractivity contribution in [3.8, 4) is 0 Å². The summed E-state index contributed by atoms with van der Waals surface area (Å²) in [7, 11) is 0. The fraction of sp³-hybridized carbons (Fsp3) is 0.200. The van der Waals surface area contributed by atoms with Crippen molar-refractivity contribution in [3.63, 3.8) is 0 Å². The SMILES string of the molecule is CSC1=C(SC)SC(=CC(C=C2Sc3ccccc3S2)=C2SC(SC)=C(SC)S2)S1.